The Bertz CT molecular complexity index is 1760. The van der Waals surface area contributed by atoms with E-state index in [1.165, 1.54) is 4.57 Å². The van der Waals surface area contributed by atoms with E-state index >= 15 is 4.39 Å². The van der Waals surface area contributed by atoms with Crippen molar-refractivity contribution in [1.82, 2.24) is 19.9 Å². The number of aromatic nitrogens is 3. The molecule has 0 aliphatic carbocycles. The summed E-state index contributed by atoms with van der Waals surface area (Å²) < 4.78 is 75.6. The highest BCUT2D eigenvalue weighted by Gasteiger charge is 2.39. The van der Waals surface area contributed by atoms with Crippen LogP contribution in [0.2, 0.25) is 5.02 Å². The lowest BCUT2D eigenvalue weighted by Crippen LogP contribution is -2.55. The molecular formula is C30H27ClF5N5OS. The molecule has 6 nitrogen and oxygen atoms in total. The zero-order valence-corrected chi connectivity index (χ0v) is 24.8. The van der Waals surface area contributed by atoms with Gasteiger partial charge in [-0.2, -0.15) is 18.2 Å². The van der Waals surface area contributed by atoms with Gasteiger partial charge in [0, 0.05) is 77.3 Å². The van der Waals surface area contributed by atoms with Crippen molar-refractivity contribution < 1.29 is 22.0 Å². The number of rotatable bonds is 4. The van der Waals surface area contributed by atoms with Crippen LogP contribution in [0.4, 0.5) is 27.8 Å². The molecule has 2 aromatic carbocycles. The number of alkyl halides is 3. The number of anilines is 1. The van der Waals surface area contributed by atoms with Crippen molar-refractivity contribution in [2.75, 3.05) is 23.7 Å². The number of piperazine rings is 1. The van der Waals surface area contributed by atoms with Gasteiger partial charge in [0.2, 0.25) is 0 Å². The van der Waals surface area contributed by atoms with Gasteiger partial charge >= 0.3 is 11.9 Å². The maximum absolute atomic E-state index is 15.3. The number of benzene rings is 2. The molecule has 3 atom stereocenters. The molecule has 4 aromatic rings. The molecule has 2 aliphatic rings. The van der Waals surface area contributed by atoms with Crippen LogP contribution in [0.25, 0.3) is 22.0 Å². The summed E-state index contributed by atoms with van der Waals surface area (Å²) >= 11 is 7.10. The number of hydrogen-bond acceptors (Lipinski definition) is 6. The molecule has 0 spiro atoms. The van der Waals surface area contributed by atoms with Gasteiger partial charge < -0.3 is 10.2 Å². The Morgan fingerprint density at radius 3 is 2.42 bits per heavy atom. The highest BCUT2D eigenvalue weighted by molar-refractivity contribution is 7.99. The number of thioether (sulfide) groups is 1. The Hall–Kier alpha value is -3.22. The highest BCUT2D eigenvalue weighted by Crippen LogP contribution is 2.49. The molecule has 43 heavy (non-hydrogen) atoms. The van der Waals surface area contributed by atoms with E-state index in [1.807, 2.05) is 30.9 Å². The van der Waals surface area contributed by atoms with Crippen LogP contribution in [0.3, 0.4) is 0 Å². The van der Waals surface area contributed by atoms with E-state index < -0.39 is 45.2 Å². The van der Waals surface area contributed by atoms with E-state index in [9.17, 15) is 22.4 Å². The zero-order chi connectivity index (χ0) is 30.6. The Morgan fingerprint density at radius 1 is 1.05 bits per heavy atom. The molecule has 1 fully saturated rings. The first-order valence-electron chi connectivity index (χ1n) is 13.8. The molecule has 0 unspecified atom stereocenters. The number of pyridine rings is 1. The minimum Gasteiger partial charge on any atom is -0.353 e. The predicted molar refractivity (Wildman–Crippen MR) is 158 cm³/mol. The van der Waals surface area contributed by atoms with Gasteiger partial charge in [-0.05, 0) is 56.0 Å². The second-order valence-electron chi connectivity index (χ2n) is 11.2. The van der Waals surface area contributed by atoms with E-state index in [2.05, 4.69) is 15.3 Å². The number of hydrogen-bond donors (Lipinski definition) is 1. The molecule has 6 rings (SSSR count). The van der Waals surface area contributed by atoms with Crippen LogP contribution in [-0.4, -0.2) is 45.5 Å². The molecule has 0 amide bonds. The first-order chi connectivity index (χ1) is 20.4. The van der Waals surface area contributed by atoms with Gasteiger partial charge in [0.15, 0.2) is 0 Å². The van der Waals surface area contributed by atoms with Gasteiger partial charge in [-0.15, -0.1) is 11.8 Å². The van der Waals surface area contributed by atoms with Crippen LogP contribution < -0.4 is 15.9 Å². The fourth-order valence-electron chi connectivity index (χ4n) is 6.14. The lowest BCUT2D eigenvalue weighted by molar-refractivity contribution is -0.137. The van der Waals surface area contributed by atoms with Crippen molar-refractivity contribution >= 4 is 40.1 Å². The van der Waals surface area contributed by atoms with E-state index in [0.29, 0.717) is 31.3 Å². The third-order valence-corrected chi connectivity index (χ3v) is 9.43. The summed E-state index contributed by atoms with van der Waals surface area (Å²) in [6.07, 6.45) is -1.08. The molecule has 4 heterocycles. The number of halogens is 6. The molecule has 1 N–H and O–H groups in total. The Balaban J connectivity index is 1.66. The Kier molecular flexibility index (Phi) is 7.89. The minimum absolute atomic E-state index is 0.00545. The van der Waals surface area contributed by atoms with Gasteiger partial charge in [-0.1, -0.05) is 11.6 Å². The van der Waals surface area contributed by atoms with Crippen LogP contribution >= 0.6 is 23.4 Å². The van der Waals surface area contributed by atoms with E-state index in [-0.39, 0.29) is 46.2 Å². The molecule has 0 radical (unpaired) electrons. The van der Waals surface area contributed by atoms with Crippen LogP contribution in [0.1, 0.15) is 25.0 Å². The van der Waals surface area contributed by atoms with Crippen molar-refractivity contribution in [3.8, 4) is 11.1 Å². The van der Waals surface area contributed by atoms with E-state index in [4.69, 9.17) is 11.6 Å². The second kappa shape index (κ2) is 11.4. The second-order valence-corrected chi connectivity index (χ2v) is 12.6. The topological polar surface area (TPSA) is 63.1 Å². The van der Waals surface area contributed by atoms with Crippen LogP contribution in [-0.2, 0) is 19.1 Å². The van der Waals surface area contributed by atoms with E-state index in [0.717, 1.165) is 29.5 Å². The summed E-state index contributed by atoms with van der Waals surface area (Å²) in [4.78, 5) is 24.1. The SMILES string of the molecule is C[C@@H]1CN(c2nc(=O)n3c4c(c(-c5cc(Cl)c(F)cc5F)c(C(F)(F)F)cc24)SC[C@@H](Cc2ccncc2)C3)C[C@H](C)N1. The standard InChI is InChI=1S/C30H27ClF5N5OS/c1-15-11-40(12-16(2)38-15)28-20-8-21(30(34,35)36)25(19-9-22(31)24(33)10-23(19)32)27-26(20)41(29(42)39-28)13-18(14-43-27)7-17-3-5-37-6-4-17/h3-6,8-10,15-16,18,38H,7,11-14H2,1-2H3/t15-,16+,18-/m0/s1. The minimum atomic E-state index is -4.92. The first kappa shape index (κ1) is 29.8. The molecule has 2 aromatic heterocycles. The quantitative estimate of drug-likeness (QED) is 0.203. The number of nitrogens with one attached hydrogen (secondary N) is 1. The fraction of sp³-hybridized carbons (Fsp3) is 0.367. The lowest BCUT2D eigenvalue weighted by Gasteiger charge is -2.37. The fourth-order valence-corrected chi connectivity index (χ4v) is 7.65. The van der Waals surface area contributed by atoms with Crippen molar-refractivity contribution in [2.24, 2.45) is 5.92 Å². The van der Waals surface area contributed by atoms with Crippen molar-refractivity contribution in [2.45, 2.75) is 50.0 Å². The Labute approximate surface area is 253 Å². The summed E-state index contributed by atoms with van der Waals surface area (Å²) in [5.74, 6) is -1.95. The summed E-state index contributed by atoms with van der Waals surface area (Å²) in [6.45, 7) is 4.94. The largest absolute Gasteiger partial charge is 0.417 e. The van der Waals surface area contributed by atoms with Crippen molar-refractivity contribution in [1.29, 1.82) is 0 Å². The van der Waals surface area contributed by atoms with Crippen LogP contribution in [0.15, 0.2) is 52.4 Å². The molecular weight excluding hydrogens is 609 g/mol. The molecule has 0 saturated carbocycles. The van der Waals surface area contributed by atoms with Crippen molar-refractivity contribution in [3.05, 3.63) is 81.0 Å². The molecule has 13 heteroatoms. The van der Waals surface area contributed by atoms with Gasteiger partial charge in [0.05, 0.1) is 16.1 Å². The smallest absolute Gasteiger partial charge is 0.353 e. The molecule has 1 saturated heterocycles. The maximum Gasteiger partial charge on any atom is 0.417 e. The zero-order valence-electron chi connectivity index (χ0n) is 23.2. The average Bonchev–Trinajstić information content (AvgIpc) is 3.13. The van der Waals surface area contributed by atoms with Gasteiger partial charge in [0.25, 0.3) is 0 Å². The van der Waals surface area contributed by atoms with E-state index in [1.54, 1.807) is 12.4 Å². The average molecular weight is 636 g/mol. The van der Waals surface area contributed by atoms with Gasteiger partial charge in [0.1, 0.15) is 17.5 Å². The summed E-state index contributed by atoms with van der Waals surface area (Å²) in [6, 6.07) is 5.99. The monoisotopic (exact) mass is 635 g/mol. The normalized spacial score (nSPS) is 20.8. The Morgan fingerprint density at radius 2 is 1.74 bits per heavy atom. The third kappa shape index (κ3) is 5.72. The van der Waals surface area contributed by atoms with Crippen LogP contribution in [0.5, 0.6) is 0 Å². The molecule has 0 bridgehead atoms. The summed E-state index contributed by atoms with van der Waals surface area (Å²) in [7, 11) is 0. The first-order valence-corrected chi connectivity index (χ1v) is 15.1. The predicted octanol–water partition coefficient (Wildman–Crippen LogP) is 6.56. The lowest BCUT2D eigenvalue weighted by atomic mass is 9.95. The molecule has 226 valence electrons. The molecule has 2 aliphatic heterocycles. The maximum atomic E-state index is 15.3. The highest BCUT2D eigenvalue weighted by atomic mass is 35.5. The summed E-state index contributed by atoms with van der Waals surface area (Å²) in [5, 5.41) is 3.02. The number of nitrogens with zero attached hydrogens (tertiary/aromatic N) is 4. The van der Waals surface area contributed by atoms with Crippen molar-refractivity contribution in [3.63, 3.8) is 0 Å². The van der Waals surface area contributed by atoms with Gasteiger partial charge in [-0.3, -0.25) is 9.55 Å². The van der Waals surface area contributed by atoms with Gasteiger partial charge in [-0.25, -0.2) is 13.6 Å². The third-order valence-electron chi connectivity index (χ3n) is 7.82. The van der Waals surface area contributed by atoms with Crippen LogP contribution in [0, 0.1) is 17.6 Å². The summed E-state index contributed by atoms with van der Waals surface area (Å²) in [5.41, 5.74) is -1.47.